The van der Waals surface area contributed by atoms with Crippen LogP contribution in [0, 0.1) is 5.92 Å². The fourth-order valence-electron chi connectivity index (χ4n) is 3.96. The van der Waals surface area contributed by atoms with Crippen molar-refractivity contribution in [3.05, 3.63) is 34.8 Å². The molecule has 1 aromatic heterocycles. The SMILES string of the molecule is CCN(CC)C(=O)C1CCCN(C(=O)c2csc(NC(=O)c3ccc4c(c3)OCO4)n2)C1. The van der Waals surface area contributed by atoms with Gasteiger partial charge in [0.05, 0.1) is 5.92 Å². The normalized spacial score (nSPS) is 17.2. The first-order chi connectivity index (χ1) is 15.5. The number of piperidine rings is 1. The molecule has 2 aliphatic heterocycles. The molecular formula is C22H26N4O5S. The van der Waals surface area contributed by atoms with Gasteiger partial charge in [-0.05, 0) is 44.9 Å². The van der Waals surface area contributed by atoms with E-state index in [0.717, 1.165) is 12.8 Å². The molecule has 2 aromatic rings. The molecular weight excluding hydrogens is 432 g/mol. The Hall–Kier alpha value is -3.14. The molecule has 1 atom stereocenters. The Bertz CT molecular complexity index is 1020. The summed E-state index contributed by atoms with van der Waals surface area (Å²) in [5, 5.41) is 4.69. The number of fused-ring (bicyclic) bond motifs is 1. The molecule has 2 aliphatic rings. The van der Waals surface area contributed by atoms with Crippen LogP contribution in [-0.2, 0) is 4.79 Å². The number of rotatable bonds is 6. The lowest BCUT2D eigenvalue weighted by molar-refractivity contribution is -0.136. The van der Waals surface area contributed by atoms with Gasteiger partial charge in [0.25, 0.3) is 11.8 Å². The van der Waals surface area contributed by atoms with Gasteiger partial charge >= 0.3 is 0 Å². The molecule has 0 spiro atoms. The Kier molecular flexibility index (Phi) is 6.59. The van der Waals surface area contributed by atoms with Crippen molar-refractivity contribution < 1.29 is 23.9 Å². The highest BCUT2D eigenvalue weighted by molar-refractivity contribution is 7.14. The zero-order valence-electron chi connectivity index (χ0n) is 18.1. The molecule has 0 bridgehead atoms. The third-order valence-electron chi connectivity index (χ3n) is 5.71. The first kappa shape index (κ1) is 22.1. The maximum atomic E-state index is 13.0. The van der Waals surface area contributed by atoms with Crippen LogP contribution >= 0.6 is 11.3 Å². The molecule has 170 valence electrons. The number of ether oxygens (including phenoxy) is 2. The molecule has 0 saturated carbocycles. The van der Waals surface area contributed by atoms with E-state index in [1.807, 2.05) is 18.7 Å². The molecule has 4 rings (SSSR count). The number of carbonyl (C=O) groups is 3. The fourth-order valence-corrected chi connectivity index (χ4v) is 4.63. The number of hydrogen-bond donors (Lipinski definition) is 1. The predicted octanol–water partition coefficient (Wildman–Crippen LogP) is 2.84. The Balaban J connectivity index is 1.39. The standard InChI is InChI=1S/C22H26N4O5S/c1-3-25(4-2)20(28)15-6-5-9-26(11-15)21(29)16-12-32-22(23-16)24-19(27)14-7-8-17-18(10-14)31-13-30-17/h7-8,10,12,15H,3-6,9,11,13H2,1-2H3,(H,23,24,27). The second kappa shape index (κ2) is 9.56. The first-order valence-corrected chi connectivity index (χ1v) is 11.6. The number of nitrogens with zero attached hydrogens (tertiary/aromatic N) is 3. The van der Waals surface area contributed by atoms with Gasteiger partial charge in [0.15, 0.2) is 16.6 Å². The van der Waals surface area contributed by atoms with Crippen molar-refractivity contribution in [1.29, 1.82) is 0 Å². The van der Waals surface area contributed by atoms with Crippen LogP contribution in [-0.4, -0.2) is 65.5 Å². The maximum Gasteiger partial charge on any atom is 0.273 e. The number of amides is 3. The summed E-state index contributed by atoms with van der Waals surface area (Å²) >= 11 is 1.19. The Labute approximate surface area is 190 Å². The van der Waals surface area contributed by atoms with E-state index in [1.54, 1.807) is 28.5 Å². The molecule has 1 N–H and O–H groups in total. The monoisotopic (exact) mass is 458 g/mol. The van der Waals surface area contributed by atoms with Crippen LogP contribution in [0.4, 0.5) is 5.13 Å². The highest BCUT2D eigenvalue weighted by Gasteiger charge is 2.31. The highest BCUT2D eigenvalue weighted by atomic mass is 32.1. The van der Waals surface area contributed by atoms with Gasteiger partial charge in [0.1, 0.15) is 5.69 Å². The smallest absolute Gasteiger partial charge is 0.273 e. The van der Waals surface area contributed by atoms with Crippen molar-refractivity contribution in [3.63, 3.8) is 0 Å². The van der Waals surface area contributed by atoms with Crippen LogP contribution in [0.25, 0.3) is 0 Å². The average molecular weight is 459 g/mol. The molecule has 3 amide bonds. The van der Waals surface area contributed by atoms with Crippen LogP contribution in [0.5, 0.6) is 11.5 Å². The van der Waals surface area contributed by atoms with Gasteiger partial charge in [-0.15, -0.1) is 11.3 Å². The molecule has 0 radical (unpaired) electrons. The molecule has 1 fully saturated rings. The minimum absolute atomic E-state index is 0.0995. The van der Waals surface area contributed by atoms with E-state index in [1.165, 1.54) is 11.3 Å². The van der Waals surface area contributed by atoms with E-state index in [0.29, 0.717) is 48.4 Å². The Morgan fingerprint density at radius 1 is 1.22 bits per heavy atom. The number of hydrogen-bond acceptors (Lipinski definition) is 7. The van der Waals surface area contributed by atoms with Gasteiger partial charge in [0, 0.05) is 37.1 Å². The van der Waals surface area contributed by atoms with E-state index < -0.39 is 0 Å². The molecule has 1 aromatic carbocycles. The quantitative estimate of drug-likeness (QED) is 0.714. The van der Waals surface area contributed by atoms with Gasteiger partial charge in [0.2, 0.25) is 12.7 Å². The van der Waals surface area contributed by atoms with Crippen molar-refractivity contribution in [2.75, 3.05) is 38.3 Å². The summed E-state index contributed by atoms with van der Waals surface area (Å²) in [6, 6.07) is 4.93. The number of nitrogens with one attached hydrogen (secondary N) is 1. The van der Waals surface area contributed by atoms with Crippen molar-refractivity contribution >= 4 is 34.2 Å². The summed E-state index contributed by atoms with van der Waals surface area (Å²) < 4.78 is 10.6. The lowest BCUT2D eigenvalue weighted by Crippen LogP contribution is -2.46. The fraction of sp³-hybridized carbons (Fsp3) is 0.455. The van der Waals surface area contributed by atoms with Gasteiger partial charge in [-0.3, -0.25) is 19.7 Å². The van der Waals surface area contributed by atoms with Gasteiger partial charge in [-0.1, -0.05) is 0 Å². The molecule has 10 heteroatoms. The number of aromatic nitrogens is 1. The van der Waals surface area contributed by atoms with Crippen LogP contribution in [0.1, 0.15) is 47.5 Å². The Morgan fingerprint density at radius 3 is 2.78 bits per heavy atom. The molecule has 0 aliphatic carbocycles. The lowest BCUT2D eigenvalue weighted by Gasteiger charge is -2.34. The maximum absolute atomic E-state index is 13.0. The van der Waals surface area contributed by atoms with E-state index in [9.17, 15) is 14.4 Å². The van der Waals surface area contributed by atoms with E-state index in [4.69, 9.17) is 9.47 Å². The van der Waals surface area contributed by atoms with Crippen LogP contribution in [0.3, 0.4) is 0 Å². The summed E-state index contributed by atoms with van der Waals surface area (Å²) in [7, 11) is 0. The van der Waals surface area contributed by atoms with Crippen LogP contribution in [0.15, 0.2) is 23.6 Å². The van der Waals surface area contributed by atoms with Gasteiger partial charge in [-0.25, -0.2) is 4.98 Å². The van der Waals surface area contributed by atoms with Crippen molar-refractivity contribution in [2.45, 2.75) is 26.7 Å². The predicted molar refractivity (Wildman–Crippen MR) is 119 cm³/mol. The number of likely N-dealkylation sites (tertiary alicyclic amines) is 1. The van der Waals surface area contributed by atoms with E-state index in [-0.39, 0.29) is 36.1 Å². The molecule has 1 saturated heterocycles. The first-order valence-electron chi connectivity index (χ1n) is 10.7. The highest BCUT2D eigenvalue weighted by Crippen LogP contribution is 2.32. The number of carbonyl (C=O) groups excluding carboxylic acids is 3. The zero-order valence-corrected chi connectivity index (χ0v) is 18.9. The minimum Gasteiger partial charge on any atom is -0.454 e. The number of benzene rings is 1. The summed E-state index contributed by atoms with van der Waals surface area (Å²) in [4.78, 5) is 46.0. The van der Waals surface area contributed by atoms with Crippen molar-refractivity contribution in [2.24, 2.45) is 5.92 Å². The van der Waals surface area contributed by atoms with E-state index >= 15 is 0 Å². The Morgan fingerprint density at radius 2 is 2.00 bits per heavy atom. The van der Waals surface area contributed by atoms with Crippen LogP contribution < -0.4 is 14.8 Å². The third-order valence-corrected chi connectivity index (χ3v) is 6.47. The molecule has 9 nitrogen and oxygen atoms in total. The van der Waals surface area contributed by atoms with Gasteiger partial charge < -0.3 is 19.3 Å². The van der Waals surface area contributed by atoms with Crippen LogP contribution in [0.2, 0.25) is 0 Å². The second-order valence-electron chi connectivity index (χ2n) is 7.66. The second-order valence-corrected chi connectivity index (χ2v) is 8.52. The largest absolute Gasteiger partial charge is 0.454 e. The summed E-state index contributed by atoms with van der Waals surface area (Å²) in [5.74, 6) is 0.467. The molecule has 1 unspecified atom stereocenters. The van der Waals surface area contributed by atoms with E-state index in [2.05, 4.69) is 10.3 Å². The summed E-state index contributed by atoms with van der Waals surface area (Å²) in [6.07, 6.45) is 1.56. The molecule has 32 heavy (non-hydrogen) atoms. The van der Waals surface area contributed by atoms with Crippen molar-refractivity contribution in [1.82, 2.24) is 14.8 Å². The minimum atomic E-state index is -0.348. The topological polar surface area (TPSA) is 101 Å². The summed E-state index contributed by atoms with van der Waals surface area (Å²) in [5.41, 5.74) is 0.679. The lowest BCUT2D eigenvalue weighted by atomic mass is 9.96. The third kappa shape index (κ3) is 4.55. The summed E-state index contributed by atoms with van der Waals surface area (Å²) in [6.45, 7) is 6.37. The zero-order chi connectivity index (χ0) is 22.7. The number of thiazole rings is 1. The van der Waals surface area contributed by atoms with Crippen molar-refractivity contribution in [3.8, 4) is 11.5 Å². The number of anilines is 1. The average Bonchev–Trinajstić information content (AvgIpc) is 3.48. The molecule has 3 heterocycles. The van der Waals surface area contributed by atoms with Gasteiger partial charge in [-0.2, -0.15) is 0 Å².